The molecule has 1 saturated heterocycles. The first kappa shape index (κ1) is 14.2. The topological polar surface area (TPSA) is 57.6 Å². The highest BCUT2D eigenvalue weighted by Crippen LogP contribution is 2.21. The smallest absolute Gasteiger partial charge is 0.305 e. The third kappa shape index (κ3) is 3.44. The SMILES string of the molecule is O=C(O)CC1CCCN1C(=O)C=Cc1ccccc1F. The van der Waals surface area contributed by atoms with E-state index in [1.807, 2.05) is 0 Å². The van der Waals surface area contributed by atoms with Crippen molar-refractivity contribution in [3.05, 3.63) is 41.7 Å². The Hall–Kier alpha value is -2.17. The quantitative estimate of drug-likeness (QED) is 0.859. The molecule has 1 N–H and O–H groups in total. The summed E-state index contributed by atoms with van der Waals surface area (Å²) in [7, 11) is 0. The summed E-state index contributed by atoms with van der Waals surface area (Å²) >= 11 is 0. The van der Waals surface area contributed by atoms with Crippen molar-refractivity contribution in [3.63, 3.8) is 0 Å². The number of benzene rings is 1. The zero-order valence-electron chi connectivity index (χ0n) is 11.0. The normalized spacial score (nSPS) is 18.6. The summed E-state index contributed by atoms with van der Waals surface area (Å²) in [6.45, 7) is 0.554. The number of aliphatic carboxylic acids is 1. The van der Waals surface area contributed by atoms with Crippen LogP contribution in [0.3, 0.4) is 0 Å². The second kappa shape index (κ2) is 6.32. The molecule has 1 aliphatic rings. The average Bonchev–Trinajstić information content (AvgIpc) is 2.85. The Morgan fingerprint density at radius 2 is 2.15 bits per heavy atom. The lowest BCUT2D eigenvalue weighted by atomic mass is 10.1. The Kier molecular flexibility index (Phi) is 4.50. The van der Waals surface area contributed by atoms with Crippen molar-refractivity contribution in [3.8, 4) is 0 Å². The van der Waals surface area contributed by atoms with Crippen LogP contribution in [0.4, 0.5) is 4.39 Å². The van der Waals surface area contributed by atoms with Crippen LogP contribution in [0.15, 0.2) is 30.3 Å². The molecule has 0 aliphatic carbocycles. The lowest BCUT2D eigenvalue weighted by molar-refractivity contribution is -0.139. The van der Waals surface area contributed by atoms with Crippen LogP contribution < -0.4 is 0 Å². The van der Waals surface area contributed by atoms with Gasteiger partial charge in [0.2, 0.25) is 5.91 Å². The highest BCUT2D eigenvalue weighted by molar-refractivity contribution is 5.92. The van der Waals surface area contributed by atoms with Crippen LogP contribution >= 0.6 is 0 Å². The van der Waals surface area contributed by atoms with Crippen LogP contribution in [0.2, 0.25) is 0 Å². The van der Waals surface area contributed by atoms with E-state index in [0.717, 1.165) is 6.42 Å². The lowest BCUT2D eigenvalue weighted by Crippen LogP contribution is -2.35. The first-order chi connectivity index (χ1) is 9.58. The standard InChI is InChI=1S/C15H16FNO3/c16-13-6-2-1-4-11(13)7-8-14(18)17-9-3-5-12(17)10-15(19)20/h1-2,4,6-8,12H,3,5,9-10H2,(H,19,20). The third-order valence-corrected chi connectivity index (χ3v) is 3.38. The van der Waals surface area contributed by atoms with Crippen molar-refractivity contribution in [1.29, 1.82) is 0 Å². The molecule has 1 aliphatic heterocycles. The van der Waals surface area contributed by atoms with Crippen LogP contribution in [-0.2, 0) is 9.59 Å². The highest BCUT2D eigenvalue weighted by atomic mass is 19.1. The molecule has 0 saturated carbocycles. The van der Waals surface area contributed by atoms with Crippen molar-refractivity contribution in [1.82, 2.24) is 4.90 Å². The van der Waals surface area contributed by atoms with E-state index < -0.39 is 5.97 Å². The number of carboxylic acid groups (broad SMARTS) is 1. The first-order valence-electron chi connectivity index (χ1n) is 6.53. The molecule has 106 valence electrons. The van der Waals surface area contributed by atoms with Crippen LogP contribution in [0.25, 0.3) is 6.08 Å². The Labute approximate surface area is 116 Å². The molecule has 1 fully saturated rings. The predicted octanol–water partition coefficient (Wildman–Crippen LogP) is 2.30. The largest absolute Gasteiger partial charge is 0.481 e. The van der Waals surface area contributed by atoms with Gasteiger partial charge in [0, 0.05) is 24.2 Å². The van der Waals surface area contributed by atoms with E-state index in [9.17, 15) is 14.0 Å². The number of hydrogen-bond donors (Lipinski definition) is 1. The van der Waals surface area contributed by atoms with Crippen LogP contribution in [-0.4, -0.2) is 34.5 Å². The molecule has 1 aromatic rings. The monoisotopic (exact) mass is 277 g/mol. The molecule has 0 aromatic heterocycles. The molecule has 1 unspecified atom stereocenters. The summed E-state index contributed by atoms with van der Waals surface area (Å²) in [5.74, 6) is -1.56. The minimum Gasteiger partial charge on any atom is -0.481 e. The van der Waals surface area contributed by atoms with E-state index in [2.05, 4.69) is 0 Å². The number of nitrogens with zero attached hydrogens (tertiary/aromatic N) is 1. The maximum atomic E-state index is 13.4. The number of rotatable bonds is 4. The van der Waals surface area contributed by atoms with Gasteiger partial charge in [0.15, 0.2) is 0 Å². The maximum Gasteiger partial charge on any atom is 0.305 e. The summed E-state index contributed by atoms with van der Waals surface area (Å²) in [6, 6.07) is 5.92. The van der Waals surface area contributed by atoms with Gasteiger partial charge in [-0.05, 0) is 25.0 Å². The summed E-state index contributed by atoms with van der Waals surface area (Å²) in [5, 5.41) is 8.81. The van der Waals surface area contributed by atoms with Gasteiger partial charge in [-0.15, -0.1) is 0 Å². The summed E-state index contributed by atoms with van der Waals surface area (Å²) in [5.41, 5.74) is 0.342. The fourth-order valence-electron chi connectivity index (χ4n) is 2.41. The molecule has 1 amide bonds. The average molecular weight is 277 g/mol. The number of carboxylic acids is 1. The van der Waals surface area contributed by atoms with Gasteiger partial charge in [0.05, 0.1) is 6.42 Å². The molecule has 20 heavy (non-hydrogen) atoms. The maximum absolute atomic E-state index is 13.4. The highest BCUT2D eigenvalue weighted by Gasteiger charge is 2.29. The van der Waals surface area contributed by atoms with Gasteiger partial charge in [0.1, 0.15) is 5.82 Å². The summed E-state index contributed by atoms with van der Waals surface area (Å²) in [4.78, 5) is 24.3. The van der Waals surface area contributed by atoms with Crippen molar-refractivity contribution in [2.75, 3.05) is 6.54 Å². The second-order valence-electron chi connectivity index (χ2n) is 4.78. The summed E-state index contributed by atoms with van der Waals surface area (Å²) < 4.78 is 13.4. The van der Waals surface area contributed by atoms with Crippen molar-refractivity contribution in [2.24, 2.45) is 0 Å². The zero-order chi connectivity index (χ0) is 14.5. The minimum atomic E-state index is -0.909. The van der Waals surface area contributed by atoms with Gasteiger partial charge >= 0.3 is 5.97 Å². The molecule has 0 radical (unpaired) electrons. The molecule has 1 aromatic carbocycles. The predicted molar refractivity (Wildman–Crippen MR) is 72.4 cm³/mol. The Balaban J connectivity index is 2.04. The molecule has 0 spiro atoms. The van der Waals surface area contributed by atoms with Crippen LogP contribution in [0.5, 0.6) is 0 Å². The van der Waals surface area contributed by atoms with E-state index in [1.54, 1.807) is 23.1 Å². The van der Waals surface area contributed by atoms with Gasteiger partial charge in [-0.25, -0.2) is 4.39 Å². The minimum absolute atomic E-state index is 0.0424. The lowest BCUT2D eigenvalue weighted by Gasteiger charge is -2.21. The van der Waals surface area contributed by atoms with Gasteiger partial charge in [-0.3, -0.25) is 9.59 Å². The molecular formula is C15H16FNO3. The number of amides is 1. The molecule has 2 rings (SSSR count). The van der Waals surface area contributed by atoms with Crippen LogP contribution in [0, 0.1) is 5.82 Å². The Bertz CT molecular complexity index is 542. The van der Waals surface area contributed by atoms with E-state index in [0.29, 0.717) is 18.5 Å². The fourth-order valence-corrected chi connectivity index (χ4v) is 2.41. The van der Waals surface area contributed by atoms with E-state index in [1.165, 1.54) is 18.2 Å². The summed E-state index contributed by atoms with van der Waals surface area (Å²) in [6.07, 6.45) is 4.19. The van der Waals surface area contributed by atoms with Gasteiger partial charge in [0.25, 0.3) is 0 Å². The number of halogens is 1. The van der Waals surface area contributed by atoms with Crippen molar-refractivity contribution in [2.45, 2.75) is 25.3 Å². The van der Waals surface area contributed by atoms with E-state index >= 15 is 0 Å². The fraction of sp³-hybridized carbons (Fsp3) is 0.333. The zero-order valence-corrected chi connectivity index (χ0v) is 11.0. The second-order valence-corrected chi connectivity index (χ2v) is 4.78. The Morgan fingerprint density at radius 3 is 2.85 bits per heavy atom. The van der Waals surface area contributed by atoms with Gasteiger partial charge in [-0.1, -0.05) is 18.2 Å². The third-order valence-electron chi connectivity index (χ3n) is 3.38. The molecular weight excluding hydrogens is 261 g/mol. The molecule has 1 atom stereocenters. The number of likely N-dealkylation sites (tertiary alicyclic amines) is 1. The van der Waals surface area contributed by atoms with Crippen LogP contribution in [0.1, 0.15) is 24.8 Å². The number of carbonyl (C=O) groups excluding carboxylic acids is 1. The molecule has 4 nitrogen and oxygen atoms in total. The molecule has 5 heteroatoms. The number of carbonyl (C=O) groups is 2. The van der Waals surface area contributed by atoms with Gasteiger partial charge < -0.3 is 10.0 Å². The number of hydrogen-bond acceptors (Lipinski definition) is 2. The molecule has 1 heterocycles. The van der Waals surface area contributed by atoms with Crippen molar-refractivity contribution < 1.29 is 19.1 Å². The van der Waals surface area contributed by atoms with E-state index in [-0.39, 0.29) is 24.2 Å². The van der Waals surface area contributed by atoms with E-state index in [4.69, 9.17) is 5.11 Å². The van der Waals surface area contributed by atoms with Crippen molar-refractivity contribution >= 4 is 18.0 Å². The molecule has 0 bridgehead atoms. The van der Waals surface area contributed by atoms with Gasteiger partial charge in [-0.2, -0.15) is 0 Å². The Morgan fingerprint density at radius 1 is 1.40 bits per heavy atom. The first-order valence-corrected chi connectivity index (χ1v) is 6.53.